The van der Waals surface area contributed by atoms with E-state index in [1.54, 1.807) is 0 Å². The van der Waals surface area contributed by atoms with Crippen molar-refractivity contribution in [3.05, 3.63) is 29.8 Å². The van der Waals surface area contributed by atoms with Crippen LogP contribution in [0.25, 0.3) is 0 Å². The first-order chi connectivity index (χ1) is 11.8. The zero-order valence-corrected chi connectivity index (χ0v) is 14.2. The summed E-state index contributed by atoms with van der Waals surface area (Å²) in [6.45, 7) is 2.05. The molecule has 1 aromatic rings. The molecule has 3 aliphatic rings. The number of hydrogen-bond acceptors (Lipinski definition) is 3. The summed E-state index contributed by atoms with van der Waals surface area (Å²) in [6, 6.07) is 8.02. The predicted molar refractivity (Wildman–Crippen MR) is 91.7 cm³/mol. The molecule has 1 heterocycles. The van der Waals surface area contributed by atoms with Crippen molar-refractivity contribution in [2.75, 3.05) is 13.2 Å². The Morgan fingerprint density at radius 2 is 2.00 bits per heavy atom. The van der Waals surface area contributed by atoms with Crippen molar-refractivity contribution in [2.24, 2.45) is 17.8 Å². The summed E-state index contributed by atoms with van der Waals surface area (Å²) in [5, 5.41) is 3.12. The molecule has 3 atom stereocenters. The van der Waals surface area contributed by atoms with Gasteiger partial charge in [0.2, 0.25) is 5.91 Å². The lowest BCUT2D eigenvalue weighted by Crippen LogP contribution is -2.25. The number of nitrogens with one attached hydrogen (secondary N) is 1. The minimum atomic E-state index is 0.228. The van der Waals surface area contributed by atoms with E-state index in [0.717, 1.165) is 30.8 Å². The van der Waals surface area contributed by atoms with Crippen LogP contribution >= 0.6 is 0 Å². The first kappa shape index (κ1) is 15.9. The van der Waals surface area contributed by atoms with Crippen LogP contribution in [0.4, 0.5) is 0 Å². The number of benzene rings is 1. The Morgan fingerprint density at radius 1 is 1.17 bits per heavy atom. The van der Waals surface area contributed by atoms with Gasteiger partial charge in [-0.1, -0.05) is 25.0 Å². The maximum Gasteiger partial charge on any atom is 0.223 e. The van der Waals surface area contributed by atoms with Crippen molar-refractivity contribution in [3.8, 4) is 5.75 Å². The van der Waals surface area contributed by atoms with E-state index in [4.69, 9.17) is 9.47 Å². The Kier molecular flexibility index (Phi) is 4.74. The zero-order chi connectivity index (χ0) is 16.4. The van der Waals surface area contributed by atoms with Gasteiger partial charge in [0.05, 0.1) is 6.10 Å². The van der Waals surface area contributed by atoms with E-state index >= 15 is 0 Å². The summed E-state index contributed by atoms with van der Waals surface area (Å²) in [5.41, 5.74) is 1.09. The average molecular weight is 329 g/mol. The van der Waals surface area contributed by atoms with Gasteiger partial charge in [0.25, 0.3) is 0 Å². The second kappa shape index (κ2) is 7.14. The fourth-order valence-electron chi connectivity index (χ4n) is 4.40. The molecule has 2 saturated carbocycles. The number of hydrogen-bond donors (Lipinski definition) is 1. The highest BCUT2D eigenvalue weighted by molar-refractivity contribution is 5.82. The van der Waals surface area contributed by atoms with Crippen LogP contribution in [0.15, 0.2) is 24.3 Å². The molecule has 1 amide bonds. The topological polar surface area (TPSA) is 47.6 Å². The quantitative estimate of drug-likeness (QED) is 0.871. The maximum absolute atomic E-state index is 12.4. The van der Waals surface area contributed by atoms with Crippen molar-refractivity contribution in [1.82, 2.24) is 5.32 Å². The average Bonchev–Trinajstić information content (AvgIpc) is 3.11. The van der Waals surface area contributed by atoms with E-state index < -0.39 is 0 Å². The highest BCUT2D eigenvalue weighted by Gasteiger charge is 2.54. The van der Waals surface area contributed by atoms with Gasteiger partial charge in [-0.25, -0.2) is 0 Å². The molecule has 1 N–H and O–H groups in total. The second-order valence-electron chi connectivity index (χ2n) is 7.45. The molecule has 0 spiro atoms. The van der Waals surface area contributed by atoms with Crippen LogP contribution in [0.2, 0.25) is 0 Å². The van der Waals surface area contributed by atoms with Crippen molar-refractivity contribution in [3.63, 3.8) is 0 Å². The van der Waals surface area contributed by atoms with E-state index in [1.165, 1.54) is 25.7 Å². The summed E-state index contributed by atoms with van der Waals surface area (Å²) < 4.78 is 11.4. The normalized spacial score (nSPS) is 31.3. The van der Waals surface area contributed by atoms with Crippen LogP contribution in [0.3, 0.4) is 0 Å². The largest absolute Gasteiger partial charge is 0.491 e. The molecule has 1 aliphatic heterocycles. The molecule has 4 nitrogen and oxygen atoms in total. The van der Waals surface area contributed by atoms with Crippen molar-refractivity contribution < 1.29 is 14.3 Å². The first-order valence-corrected chi connectivity index (χ1v) is 9.42. The highest BCUT2D eigenvalue weighted by atomic mass is 16.5. The summed E-state index contributed by atoms with van der Waals surface area (Å²) in [6.07, 6.45) is 7.53. The Morgan fingerprint density at radius 3 is 2.75 bits per heavy atom. The van der Waals surface area contributed by atoms with Gasteiger partial charge in [0, 0.05) is 19.1 Å². The van der Waals surface area contributed by atoms with Crippen LogP contribution in [0, 0.1) is 17.8 Å². The minimum absolute atomic E-state index is 0.228. The SMILES string of the molecule is O=C(NCc1cccc(OC[C@@H]2CCCO2)c1)C1[C@H]2CCCC[C@H]12. The molecule has 0 unspecified atom stereocenters. The number of fused-ring (bicyclic) bond motifs is 1. The Labute approximate surface area is 143 Å². The van der Waals surface area contributed by atoms with Crippen LogP contribution in [-0.4, -0.2) is 25.2 Å². The molecular weight excluding hydrogens is 302 g/mol. The van der Waals surface area contributed by atoms with E-state index in [0.29, 0.717) is 25.0 Å². The lowest BCUT2D eigenvalue weighted by atomic mass is 10.0. The van der Waals surface area contributed by atoms with Crippen LogP contribution in [0.5, 0.6) is 5.75 Å². The third kappa shape index (κ3) is 3.59. The van der Waals surface area contributed by atoms with Gasteiger partial charge in [-0.2, -0.15) is 0 Å². The number of rotatable bonds is 6. The minimum Gasteiger partial charge on any atom is -0.491 e. The van der Waals surface area contributed by atoms with Crippen LogP contribution in [0.1, 0.15) is 44.1 Å². The monoisotopic (exact) mass is 329 g/mol. The lowest BCUT2D eigenvalue weighted by molar-refractivity contribution is -0.123. The Bertz CT molecular complexity index is 570. The third-order valence-corrected chi connectivity index (χ3v) is 5.78. The molecule has 3 fully saturated rings. The first-order valence-electron chi connectivity index (χ1n) is 9.42. The van der Waals surface area contributed by atoms with Crippen molar-refractivity contribution in [1.29, 1.82) is 0 Å². The summed E-state index contributed by atoms with van der Waals surface area (Å²) >= 11 is 0. The second-order valence-corrected chi connectivity index (χ2v) is 7.45. The van der Waals surface area contributed by atoms with Gasteiger partial charge in [-0.05, 0) is 55.2 Å². The van der Waals surface area contributed by atoms with Crippen molar-refractivity contribution >= 4 is 5.91 Å². The van der Waals surface area contributed by atoms with Crippen molar-refractivity contribution in [2.45, 2.75) is 51.2 Å². The molecule has 2 aliphatic carbocycles. The lowest BCUT2D eigenvalue weighted by Gasteiger charge is -2.12. The molecular formula is C20H27NO3. The number of carbonyl (C=O) groups is 1. The van der Waals surface area contributed by atoms with E-state index in [9.17, 15) is 4.79 Å². The third-order valence-electron chi connectivity index (χ3n) is 5.78. The number of amides is 1. The van der Waals surface area contributed by atoms with E-state index in [1.807, 2.05) is 24.3 Å². The molecule has 1 saturated heterocycles. The summed E-state index contributed by atoms with van der Waals surface area (Å²) in [4.78, 5) is 12.4. The highest BCUT2D eigenvalue weighted by Crippen LogP contribution is 2.55. The Hall–Kier alpha value is -1.55. The van der Waals surface area contributed by atoms with Gasteiger partial charge in [0.15, 0.2) is 0 Å². The van der Waals surface area contributed by atoms with Gasteiger partial charge < -0.3 is 14.8 Å². The van der Waals surface area contributed by atoms with Gasteiger partial charge in [0.1, 0.15) is 12.4 Å². The fraction of sp³-hybridized carbons (Fsp3) is 0.650. The molecule has 4 heteroatoms. The molecule has 24 heavy (non-hydrogen) atoms. The molecule has 1 aromatic carbocycles. The smallest absolute Gasteiger partial charge is 0.223 e. The van der Waals surface area contributed by atoms with Gasteiger partial charge in [-0.15, -0.1) is 0 Å². The van der Waals surface area contributed by atoms with Gasteiger partial charge >= 0.3 is 0 Å². The maximum atomic E-state index is 12.4. The Balaban J connectivity index is 1.25. The zero-order valence-electron chi connectivity index (χ0n) is 14.2. The predicted octanol–water partition coefficient (Wildman–Crippen LogP) is 3.30. The summed E-state index contributed by atoms with van der Waals surface area (Å²) in [7, 11) is 0. The summed E-state index contributed by atoms with van der Waals surface area (Å²) in [5.74, 6) is 2.72. The molecule has 0 aromatic heterocycles. The standard InChI is InChI=1S/C20H27NO3/c22-20(19-17-8-1-2-9-18(17)19)21-12-14-5-3-6-15(11-14)24-13-16-7-4-10-23-16/h3,5-6,11,16-19H,1-2,4,7-10,12-13H2,(H,21,22)/t16-,17-,18-/m0/s1. The van der Waals surface area contributed by atoms with E-state index in [2.05, 4.69) is 5.32 Å². The van der Waals surface area contributed by atoms with Crippen LogP contribution < -0.4 is 10.1 Å². The molecule has 4 rings (SSSR count). The fourth-order valence-corrected chi connectivity index (χ4v) is 4.40. The van der Waals surface area contributed by atoms with E-state index in [-0.39, 0.29) is 17.9 Å². The van der Waals surface area contributed by atoms with Gasteiger partial charge in [-0.3, -0.25) is 4.79 Å². The van der Waals surface area contributed by atoms with Crippen LogP contribution in [-0.2, 0) is 16.1 Å². The number of carbonyl (C=O) groups excluding carboxylic acids is 1. The number of ether oxygens (including phenoxy) is 2. The molecule has 130 valence electrons. The molecule has 0 radical (unpaired) electrons. The molecule has 0 bridgehead atoms.